The summed E-state index contributed by atoms with van der Waals surface area (Å²) in [4.78, 5) is 18.4. The van der Waals surface area contributed by atoms with Gasteiger partial charge in [-0.15, -0.1) is 0 Å². The van der Waals surface area contributed by atoms with Crippen LogP contribution in [0.1, 0.15) is 35.1 Å². The molecule has 14 heavy (non-hydrogen) atoms. The smallest absolute Gasteiger partial charge is 0.374 e. The minimum atomic E-state index is -1.12. The summed E-state index contributed by atoms with van der Waals surface area (Å²) in [5.74, 6) is -0.596. The molecule has 0 aromatic carbocycles. The molecule has 0 amide bonds. The lowest BCUT2D eigenvalue weighted by Crippen LogP contribution is -2.07. The van der Waals surface area contributed by atoms with Crippen LogP contribution in [-0.4, -0.2) is 28.2 Å². The van der Waals surface area contributed by atoms with Gasteiger partial charge in [0.2, 0.25) is 11.7 Å². The molecule has 1 saturated carbocycles. The van der Waals surface area contributed by atoms with Crippen LogP contribution >= 0.6 is 0 Å². The molecular weight excluding hydrogens is 184 g/mol. The summed E-state index contributed by atoms with van der Waals surface area (Å²) in [6.07, 6.45) is 2.14. The molecule has 5 heteroatoms. The number of methoxy groups -OCH3 is 1. The Morgan fingerprint density at radius 2 is 2.29 bits per heavy atom. The maximum atomic E-state index is 10.7. The minimum absolute atomic E-state index is 0.189. The summed E-state index contributed by atoms with van der Waals surface area (Å²) >= 11 is 0. The Kier molecular flexibility index (Phi) is 2.07. The van der Waals surface area contributed by atoms with Gasteiger partial charge in [0.1, 0.15) is 0 Å². The molecule has 0 unspecified atom stereocenters. The van der Waals surface area contributed by atoms with Gasteiger partial charge in [-0.05, 0) is 12.8 Å². The van der Waals surface area contributed by atoms with E-state index in [0.717, 1.165) is 18.5 Å². The molecule has 1 aliphatic rings. The molecule has 0 bridgehead atoms. The fourth-order valence-corrected chi connectivity index (χ4v) is 1.23. The molecule has 1 N–H and O–H groups in total. The Morgan fingerprint density at radius 1 is 1.57 bits per heavy atom. The molecule has 0 spiro atoms. The lowest BCUT2D eigenvalue weighted by Gasteiger charge is -2.03. The van der Waals surface area contributed by atoms with Crippen molar-refractivity contribution in [2.75, 3.05) is 7.11 Å². The summed E-state index contributed by atoms with van der Waals surface area (Å²) in [7, 11) is 1.46. The molecule has 1 aliphatic carbocycles. The summed E-state index contributed by atoms with van der Waals surface area (Å²) in [5, 5.41) is 8.75. The second-order valence-electron chi connectivity index (χ2n) is 3.24. The van der Waals surface area contributed by atoms with Crippen LogP contribution in [0, 0.1) is 0 Å². The van der Waals surface area contributed by atoms with Crippen LogP contribution in [0.25, 0.3) is 0 Å². The number of rotatable bonds is 3. The second kappa shape index (κ2) is 3.25. The molecule has 5 nitrogen and oxygen atoms in total. The van der Waals surface area contributed by atoms with Crippen molar-refractivity contribution in [3.05, 3.63) is 17.6 Å². The standard InChI is InChI=1S/C9H10N2O3/c1-14-7-4-6(5-2-3-5)10-8(11-7)9(12)13/h4-5H,2-3H2,1H3,(H,12,13). The molecule has 0 radical (unpaired) electrons. The highest BCUT2D eigenvalue weighted by molar-refractivity contribution is 5.83. The first-order chi connectivity index (χ1) is 6.70. The molecule has 2 rings (SSSR count). The third-order valence-electron chi connectivity index (χ3n) is 2.12. The zero-order chi connectivity index (χ0) is 10.1. The number of aromatic nitrogens is 2. The van der Waals surface area contributed by atoms with E-state index in [1.807, 2.05) is 0 Å². The predicted molar refractivity (Wildman–Crippen MR) is 47.5 cm³/mol. The number of ether oxygens (including phenoxy) is 1. The fraction of sp³-hybridized carbons (Fsp3) is 0.444. The number of hydrogen-bond donors (Lipinski definition) is 1. The van der Waals surface area contributed by atoms with E-state index in [4.69, 9.17) is 9.84 Å². The first kappa shape index (κ1) is 8.93. The summed E-state index contributed by atoms with van der Waals surface area (Å²) in [6.45, 7) is 0. The molecule has 1 aromatic heterocycles. The van der Waals surface area contributed by atoms with E-state index >= 15 is 0 Å². The van der Waals surface area contributed by atoms with Crippen molar-refractivity contribution in [3.8, 4) is 5.88 Å². The van der Waals surface area contributed by atoms with E-state index in [2.05, 4.69) is 9.97 Å². The summed E-state index contributed by atoms with van der Waals surface area (Å²) < 4.78 is 4.91. The molecule has 0 atom stereocenters. The monoisotopic (exact) mass is 194 g/mol. The van der Waals surface area contributed by atoms with Gasteiger partial charge in [0, 0.05) is 12.0 Å². The quantitative estimate of drug-likeness (QED) is 0.778. The number of carbonyl (C=O) groups is 1. The molecule has 0 aliphatic heterocycles. The van der Waals surface area contributed by atoms with E-state index in [1.165, 1.54) is 7.11 Å². The van der Waals surface area contributed by atoms with Gasteiger partial charge in [-0.1, -0.05) is 0 Å². The van der Waals surface area contributed by atoms with Crippen LogP contribution in [0.2, 0.25) is 0 Å². The van der Waals surface area contributed by atoms with Gasteiger partial charge in [0.25, 0.3) is 0 Å². The topological polar surface area (TPSA) is 72.3 Å². The Bertz CT molecular complexity index is 374. The van der Waals surface area contributed by atoms with E-state index in [-0.39, 0.29) is 5.82 Å². The van der Waals surface area contributed by atoms with E-state index in [9.17, 15) is 4.79 Å². The molecule has 74 valence electrons. The van der Waals surface area contributed by atoms with Crippen LogP contribution < -0.4 is 4.74 Å². The number of carboxylic acid groups (broad SMARTS) is 1. The molecule has 1 heterocycles. The third-order valence-corrected chi connectivity index (χ3v) is 2.12. The Hall–Kier alpha value is -1.65. The minimum Gasteiger partial charge on any atom is -0.481 e. The van der Waals surface area contributed by atoms with E-state index < -0.39 is 5.97 Å². The number of aromatic carboxylic acids is 1. The van der Waals surface area contributed by atoms with Crippen LogP contribution in [0.15, 0.2) is 6.07 Å². The lowest BCUT2D eigenvalue weighted by molar-refractivity contribution is 0.0682. The number of hydrogen-bond acceptors (Lipinski definition) is 4. The Labute approximate surface area is 80.8 Å². The number of carboxylic acids is 1. The zero-order valence-corrected chi connectivity index (χ0v) is 7.73. The van der Waals surface area contributed by atoms with Gasteiger partial charge in [0.15, 0.2) is 0 Å². The van der Waals surface area contributed by atoms with E-state index in [1.54, 1.807) is 6.07 Å². The highest BCUT2D eigenvalue weighted by Gasteiger charge is 2.27. The second-order valence-corrected chi connectivity index (χ2v) is 3.24. The highest BCUT2D eigenvalue weighted by Crippen LogP contribution is 2.39. The molecule has 1 fully saturated rings. The van der Waals surface area contributed by atoms with Gasteiger partial charge in [0.05, 0.1) is 12.8 Å². The number of nitrogens with zero attached hydrogens (tertiary/aromatic N) is 2. The molecule has 1 aromatic rings. The van der Waals surface area contributed by atoms with Crippen molar-refractivity contribution in [1.29, 1.82) is 0 Å². The fourth-order valence-electron chi connectivity index (χ4n) is 1.23. The first-order valence-electron chi connectivity index (χ1n) is 4.37. The average Bonchev–Trinajstić information content (AvgIpc) is 3.00. The van der Waals surface area contributed by atoms with Crippen LogP contribution in [0.3, 0.4) is 0 Å². The Balaban J connectivity index is 2.40. The van der Waals surface area contributed by atoms with Crippen molar-refractivity contribution in [1.82, 2.24) is 9.97 Å². The van der Waals surface area contributed by atoms with Crippen molar-refractivity contribution in [2.24, 2.45) is 0 Å². The highest BCUT2D eigenvalue weighted by atomic mass is 16.5. The summed E-state index contributed by atoms with van der Waals surface area (Å²) in [5.41, 5.74) is 0.772. The third kappa shape index (κ3) is 1.66. The first-order valence-corrected chi connectivity index (χ1v) is 4.37. The van der Waals surface area contributed by atoms with Crippen molar-refractivity contribution < 1.29 is 14.6 Å². The van der Waals surface area contributed by atoms with Crippen LogP contribution in [0.4, 0.5) is 0 Å². The SMILES string of the molecule is COc1cc(C2CC2)nc(C(=O)O)n1. The zero-order valence-electron chi connectivity index (χ0n) is 7.73. The molecular formula is C9H10N2O3. The van der Waals surface area contributed by atoms with Crippen molar-refractivity contribution in [2.45, 2.75) is 18.8 Å². The maximum Gasteiger partial charge on any atom is 0.374 e. The van der Waals surface area contributed by atoms with Gasteiger partial charge in [-0.25, -0.2) is 9.78 Å². The normalized spacial score (nSPS) is 15.2. The van der Waals surface area contributed by atoms with Crippen LogP contribution in [0.5, 0.6) is 5.88 Å². The van der Waals surface area contributed by atoms with Gasteiger partial charge in [-0.3, -0.25) is 0 Å². The predicted octanol–water partition coefficient (Wildman–Crippen LogP) is 1.06. The maximum absolute atomic E-state index is 10.7. The van der Waals surface area contributed by atoms with Gasteiger partial charge in [-0.2, -0.15) is 4.98 Å². The average molecular weight is 194 g/mol. The molecule has 0 saturated heterocycles. The van der Waals surface area contributed by atoms with Gasteiger partial charge < -0.3 is 9.84 Å². The largest absolute Gasteiger partial charge is 0.481 e. The summed E-state index contributed by atoms with van der Waals surface area (Å²) in [6, 6.07) is 1.70. The van der Waals surface area contributed by atoms with E-state index in [0.29, 0.717) is 11.8 Å². The Morgan fingerprint density at radius 3 is 2.79 bits per heavy atom. The van der Waals surface area contributed by atoms with Gasteiger partial charge >= 0.3 is 5.97 Å². The van der Waals surface area contributed by atoms with Crippen molar-refractivity contribution >= 4 is 5.97 Å². The lowest BCUT2D eigenvalue weighted by atomic mass is 10.3. The van der Waals surface area contributed by atoms with Crippen molar-refractivity contribution in [3.63, 3.8) is 0 Å². The van der Waals surface area contributed by atoms with Crippen LogP contribution in [-0.2, 0) is 0 Å².